The van der Waals surface area contributed by atoms with Gasteiger partial charge in [-0.05, 0) is 31.4 Å². The van der Waals surface area contributed by atoms with Gasteiger partial charge in [0.15, 0.2) is 0 Å². The average molecular weight is 276 g/mol. The highest BCUT2D eigenvalue weighted by Gasteiger charge is 2.25. The summed E-state index contributed by atoms with van der Waals surface area (Å²) >= 11 is 0. The number of nitro groups is 1. The quantitative estimate of drug-likeness (QED) is 0.610. The van der Waals surface area contributed by atoms with E-state index in [9.17, 15) is 19.7 Å². The second-order valence-corrected chi connectivity index (χ2v) is 4.92. The van der Waals surface area contributed by atoms with Gasteiger partial charge < -0.3 is 9.69 Å². The van der Waals surface area contributed by atoms with E-state index < -0.39 is 4.92 Å². The predicted molar refractivity (Wildman–Crippen MR) is 73.7 cm³/mol. The van der Waals surface area contributed by atoms with Crippen molar-refractivity contribution >= 4 is 23.1 Å². The van der Waals surface area contributed by atoms with Crippen LogP contribution in [0.25, 0.3) is 0 Å². The van der Waals surface area contributed by atoms with Crippen molar-refractivity contribution in [1.29, 1.82) is 0 Å². The summed E-state index contributed by atoms with van der Waals surface area (Å²) in [5, 5.41) is 10.8. The van der Waals surface area contributed by atoms with Crippen LogP contribution >= 0.6 is 0 Å². The molecule has 1 heterocycles. The lowest BCUT2D eigenvalue weighted by molar-refractivity contribution is -0.384. The summed E-state index contributed by atoms with van der Waals surface area (Å²) in [5.74, 6) is 0.105. The van der Waals surface area contributed by atoms with Gasteiger partial charge in [-0.3, -0.25) is 14.9 Å². The third-order valence-corrected chi connectivity index (χ3v) is 3.38. The molecule has 0 radical (unpaired) electrons. The van der Waals surface area contributed by atoms with Crippen LogP contribution in [0.2, 0.25) is 0 Å². The minimum absolute atomic E-state index is 0.00917. The third kappa shape index (κ3) is 3.01. The van der Waals surface area contributed by atoms with Crippen molar-refractivity contribution in [2.75, 3.05) is 11.4 Å². The van der Waals surface area contributed by atoms with Crippen LogP contribution in [-0.4, -0.2) is 23.2 Å². The zero-order valence-corrected chi connectivity index (χ0v) is 11.3. The number of carbonyl (C=O) groups is 2. The number of rotatable bonds is 5. The minimum Gasteiger partial charge on any atom is -0.312 e. The van der Waals surface area contributed by atoms with E-state index in [1.807, 2.05) is 0 Å². The average Bonchev–Trinajstić information content (AvgIpc) is 2.40. The van der Waals surface area contributed by atoms with Crippen molar-refractivity contribution < 1.29 is 14.5 Å². The van der Waals surface area contributed by atoms with E-state index in [1.54, 1.807) is 11.0 Å². The van der Waals surface area contributed by atoms with Gasteiger partial charge in [0.2, 0.25) is 5.91 Å². The van der Waals surface area contributed by atoms with Gasteiger partial charge in [-0.15, -0.1) is 0 Å². The van der Waals surface area contributed by atoms with Crippen LogP contribution < -0.4 is 4.90 Å². The second-order valence-electron chi connectivity index (χ2n) is 4.92. The summed E-state index contributed by atoms with van der Waals surface area (Å²) in [6, 6.07) is 4.56. The van der Waals surface area contributed by atoms with Gasteiger partial charge in [0.05, 0.1) is 4.92 Å². The maximum absolute atomic E-state index is 12.0. The zero-order valence-electron chi connectivity index (χ0n) is 11.3. The summed E-state index contributed by atoms with van der Waals surface area (Å²) in [4.78, 5) is 34.9. The number of non-ortho nitro benzene ring substituents is 1. The molecular formula is C14H16N2O4. The Morgan fingerprint density at radius 1 is 1.40 bits per heavy atom. The van der Waals surface area contributed by atoms with Gasteiger partial charge in [0, 0.05) is 37.2 Å². The first-order valence-corrected chi connectivity index (χ1v) is 6.56. The highest BCUT2D eigenvalue weighted by molar-refractivity contribution is 5.96. The summed E-state index contributed by atoms with van der Waals surface area (Å²) < 4.78 is 0. The maximum atomic E-state index is 12.0. The van der Waals surface area contributed by atoms with E-state index in [1.165, 1.54) is 19.1 Å². The Bertz CT molecular complexity index is 568. The summed E-state index contributed by atoms with van der Waals surface area (Å²) in [6.45, 7) is 2.00. The van der Waals surface area contributed by atoms with Crippen LogP contribution in [0, 0.1) is 10.1 Å². The number of anilines is 1. The molecule has 6 heteroatoms. The molecule has 0 unspecified atom stereocenters. The smallest absolute Gasteiger partial charge is 0.269 e. The SMILES string of the molecule is CC(=O)CCCN1C(=O)CCc2cc([N+](=O)[O-])ccc21. The van der Waals surface area contributed by atoms with Crippen LogP contribution in [0.15, 0.2) is 18.2 Å². The number of carbonyl (C=O) groups excluding carboxylic acids is 2. The molecule has 1 aliphatic rings. The largest absolute Gasteiger partial charge is 0.312 e. The first-order chi connectivity index (χ1) is 9.49. The molecule has 1 aliphatic heterocycles. The summed E-state index contributed by atoms with van der Waals surface area (Å²) in [6.07, 6.45) is 1.93. The number of nitro benzene ring substituents is 1. The molecule has 106 valence electrons. The number of hydrogen-bond acceptors (Lipinski definition) is 4. The number of aryl methyl sites for hydroxylation is 1. The topological polar surface area (TPSA) is 80.5 Å². The monoisotopic (exact) mass is 276 g/mol. The van der Waals surface area contributed by atoms with E-state index in [-0.39, 0.29) is 17.4 Å². The summed E-state index contributed by atoms with van der Waals surface area (Å²) in [5.41, 5.74) is 1.60. The first kappa shape index (κ1) is 14.2. The third-order valence-electron chi connectivity index (χ3n) is 3.38. The molecule has 1 aromatic rings. The maximum Gasteiger partial charge on any atom is 0.269 e. The highest BCUT2D eigenvalue weighted by Crippen LogP contribution is 2.31. The van der Waals surface area contributed by atoms with E-state index >= 15 is 0 Å². The second kappa shape index (κ2) is 5.81. The number of hydrogen-bond donors (Lipinski definition) is 0. The van der Waals surface area contributed by atoms with Crippen molar-refractivity contribution in [1.82, 2.24) is 0 Å². The Morgan fingerprint density at radius 3 is 2.80 bits per heavy atom. The van der Waals surface area contributed by atoms with Gasteiger partial charge in [0.25, 0.3) is 5.69 Å². The number of Topliss-reactive ketones (excluding diaryl/α,β-unsaturated/α-hetero) is 1. The minimum atomic E-state index is -0.434. The Labute approximate surface area is 116 Å². The Kier molecular flexibility index (Phi) is 4.12. The lowest BCUT2D eigenvalue weighted by atomic mass is 10.00. The Balaban J connectivity index is 2.20. The Hall–Kier alpha value is -2.24. The van der Waals surface area contributed by atoms with Crippen molar-refractivity contribution in [2.45, 2.75) is 32.6 Å². The zero-order chi connectivity index (χ0) is 14.7. The molecule has 0 spiro atoms. The molecule has 20 heavy (non-hydrogen) atoms. The van der Waals surface area contributed by atoms with Gasteiger partial charge in [-0.2, -0.15) is 0 Å². The van der Waals surface area contributed by atoms with Crippen molar-refractivity contribution in [3.8, 4) is 0 Å². The van der Waals surface area contributed by atoms with Crippen LogP contribution in [0.3, 0.4) is 0 Å². The van der Waals surface area contributed by atoms with Crippen LogP contribution in [-0.2, 0) is 16.0 Å². The fraction of sp³-hybridized carbons (Fsp3) is 0.429. The van der Waals surface area contributed by atoms with Crippen molar-refractivity contribution in [3.05, 3.63) is 33.9 Å². The number of nitrogens with zero attached hydrogens (tertiary/aromatic N) is 2. The van der Waals surface area contributed by atoms with E-state index in [2.05, 4.69) is 0 Å². The number of amides is 1. The van der Waals surface area contributed by atoms with Crippen LogP contribution in [0.5, 0.6) is 0 Å². The fourth-order valence-corrected chi connectivity index (χ4v) is 2.39. The van der Waals surface area contributed by atoms with Gasteiger partial charge in [-0.25, -0.2) is 0 Å². The molecule has 0 saturated carbocycles. The molecule has 1 amide bonds. The standard InChI is InChI=1S/C14H16N2O4/c1-10(17)3-2-8-15-13-6-5-12(16(19)20)9-11(13)4-7-14(15)18/h5-6,9H,2-4,7-8H2,1H3. The van der Waals surface area contributed by atoms with Crippen LogP contribution in [0.1, 0.15) is 31.7 Å². The first-order valence-electron chi connectivity index (χ1n) is 6.56. The predicted octanol–water partition coefficient (Wildman–Crippen LogP) is 2.24. The highest BCUT2D eigenvalue weighted by atomic mass is 16.6. The molecule has 0 fully saturated rings. The Morgan fingerprint density at radius 2 is 2.15 bits per heavy atom. The van der Waals surface area contributed by atoms with E-state index in [0.29, 0.717) is 32.2 Å². The summed E-state index contributed by atoms with van der Waals surface area (Å²) in [7, 11) is 0. The molecule has 0 atom stereocenters. The van der Waals surface area contributed by atoms with Gasteiger partial charge >= 0.3 is 0 Å². The van der Waals surface area contributed by atoms with E-state index in [0.717, 1.165) is 11.3 Å². The van der Waals surface area contributed by atoms with E-state index in [4.69, 9.17) is 0 Å². The van der Waals surface area contributed by atoms with Crippen molar-refractivity contribution in [2.24, 2.45) is 0 Å². The van der Waals surface area contributed by atoms with Gasteiger partial charge in [0.1, 0.15) is 5.78 Å². The number of ketones is 1. The van der Waals surface area contributed by atoms with Crippen molar-refractivity contribution in [3.63, 3.8) is 0 Å². The molecule has 6 nitrogen and oxygen atoms in total. The van der Waals surface area contributed by atoms with Gasteiger partial charge in [-0.1, -0.05) is 0 Å². The lowest BCUT2D eigenvalue weighted by Crippen LogP contribution is -2.36. The molecule has 1 aromatic carbocycles. The molecular weight excluding hydrogens is 260 g/mol. The number of fused-ring (bicyclic) bond motifs is 1. The lowest BCUT2D eigenvalue weighted by Gasteiger charge is -2.29. The molecule has 0 aliphatic carbocycles. The number of benzene rings is 1. The normalized spacial score (nSPS) is 14.1. The van der Waals surface area contributed by atoms with Crippen LogP contribution in [0.4, 0.5) is 11.4 Å². The molecule has 0 saturated heterocycles. The molecule has 0 aromatic heterocycles. The molecule has 2 rings (SSSR count). The molecule has 0 bridgehead atoms. The molecule has 0 N–H and O–H groups in total. The fourth-order valence-electron chi connectivity index (χ4n) is 2.39.